The zero-order valence-corrected chi connectivity index (χ0v) is 13.0. The zero-order chi connectivity index (χ0) is 13.5. The standard InChI is InChI=1S/C15H33NO/c1-8-11-16-13(10-9-12(2)3)14(17-7)15(4,5)6/h12-14,16H,8-11H2,1-7H3. The smallest absolute Gasteiger partial charge is 0.0772 e. The van der Waals surface area contributed by atoms with Gasteiger partial charge >= 0.3 is 0 Å². The van der Waals surface area contributed by atoms with Crippen LogP contribution in [0.2, 0.25) is 0 Å². The van der Waals surface area contributed by atoms with Gasteiger partial charge in [-0.15, -0.1) is 0 Å². The van der Waals surface area contributed by atoms with E-state index in [0.29, 0.717) is 6.04 Å². The third kappa shape index (κ3) is 7.05. The van der Waals surface area contributed by atoms with Crippen LogP contribution in [0, 0.1) is 11.3 Å². The molecule has 2 unspecified atom stereocenters. The summed E-state index contributed by atoms with van der Waals surface area (Å²) in [5, 5.41) is 3.66. The van der Waals surface area contributed by atoms with Gasteiger partial charge in [0, 0.05) is 13.2 Å². The molecule has 0 spiro atoms. The average molecular weight is 243 g/mol. The third-order valence-electron chi connectivity index (χ3n) is 3.18. The molecule has 2 nitrogen and oxygen atoms in total. The van der Waals surface area contributed by atoms with Gasteiger partial charge in [-0.1, -0.05) is 41.5 Å². The van der Waals surface area contributed by atoms with Crippen molar-refractivity contribution in [3.63, 3.8) is 0 Å². The van der Waals surface area contributed by atoms with Crippen molar-refractivity contribution in [2.45, 2.75) is 73.0 Å². The molecule has 2 heteroatoms. The van der Waals surface area contributed by atoms with Crippen LogP contribution in [-0.4, -0.2) is 25.8 Å². The van der Waals surface area contributed by atoms with Crippen LogP contribution in [-0.2, 0) is 4.74 Å². The Balaban J connectivity index is 4.50. The van der Waals surface area contributed by atoms with E-state index < -0.39 is 0 Å². The lowest BCUT2D eigenvalue weighted by Gasteiger charge is -2.37. The lowest BCUT2D eigenvalue weighted by atomic mass is 9.82. The Morgan fingerprint density at radius 2 is 1.71 bits per heavy atom. The Kier molecular flexibility index (Phi) is 8.06. The van der Waals surface area contributed by atoms with Gasteiger partial charge in [-0.05, 0) is 37.1 Å². The van der Waals surface area contributed by atoms with Gasteiger partial charge in [0.25, 0.3) is 0 Å². The van der Waals surface area contributed by atoms with Gasteiger partial charge in [0.05, 0.1) is 6.10 Å². The fourth-order valence-electron chi connectivity index (χ4n) is 2.32. The molecule has 0 bridgehead atoms. The highest BCUT2D eigenvalue weighted by Crippen LogP contribution is 2.27. The van der Waals surface area contributed by atoms with E-state index in [-0.39, 0.29) is 11.5 Å². The van der Waals surface area contributed by atoms with Crippen LogP contribution in [0.5, 0.6) is 0 Å². The summed E-state index contributed by atoms with van der Waals surface area (Å²) in [6.07, 6.45) is 3.93. The molecule has 0 aromatic heterocycles. The molecule has 0 rings (SSSR count). The maximum absolute atomic E-state index is 5.74. The van der Waals surface area contributed by atoms with E-state index >= 15 is 0 Å². The van der Waals surface area contributed by atoms with Gasteiger partial charge in [0.2, 0.25) is 0 Å². The first-order valence-corrected chi connectivity index (χ1v) is 7.09. The third-order valence-corrected chi connectivity index (χ3v) is 3.18. The summed E-state index contributed by atoms with van der Waals surface area (Å²) in [5.41, 5.74) is 0.192. The van der Waals surface area contributed by atoms with Crippen molar-refractivity contribution in [1.82, 2.24) is 5.32 Å². The van der Waals surface area contributed by atoms with Gasteiger partial charge in [-0.2, -0.15) is 0 Å². The zero-order valence-electron chi connectivity index (χ0n) is 13.0. The predicted octanol–water partition coefficient (Wildman–Crippen LogP) is 3.85. The van der Waals surface area contributed by atoms with Gasteiger partial charge in [-0.25, -0.2) is 0 Å². The number of methoxy groups -OCH3 is 1. The van der Waals surface area contributed by atoms with Gasteiger partial charge in [0.1, 0.15) is 0 Å². The van der Waals surface area contributed by atoms with Crippen LogP contribution in [0.1, 0.15) is 60.8 Å². The predicted molar refractivity (Wildman–Crippen MR) is 76.4 cm³/mol. The topological polar surface area (TPSA) is 21.3 Å². The van der Waals surface area contributed by atoms with E-state index in [4.69, 9.17) is 4.74 Å². The largest absolute Gasteiger partial charge is 0.379 e. The van der Waals surface area contributed by atoms with Gasteiger partial charge < -0.3 is 10.1 Å². The second-order valence-corrected chi connectivity index (χ2v) is 6.55. The molecule has 0 radical (unpaired) electrons. The molecule has 0 aromatic rings. The lowest BCUT2D eigenvalue weighted by Crippen LogP contribution is -2.48. The van der Waals surface area contributed by atoms with Crippen LogP contribution in [0.3, 0.4) is 0 Å². The quantitative estimate of drug-likeness (QED) is 0.699. The summed E-state index contributed by atoms with van der Waals surface area (Å²) >= 11 is 0. The minimum atomic E-state index is 0.192. The first-order valence-electron chi connectivity index (χ1n) is 7.09. The molecule has 0 aliphatic rings. The van der Waals surface area contributed by atoms with Crippen molar-refractivity contribution >= 4 is 0 Å². The molecule has 0 fully saturated rings. The molecule has 0 aliphatic carbocycles. The van der Waals surface area contributed by atoms with E-state index in [2.05, 4.69) is 46.9 Å². The number of hydrogen-bond donors (Lipinski definition) is 1. The molecule has 0 aromatic carbocycles. The molecule has 0 heterocycles. The van der Waals surface area contributed by atoms with Crippen LogP contribution in [0.4, 0.5) is 0 Å². The van der Waals surface area contributed by atoms with Crippen LogP contribution in [0.25, 0.3) is 0 Å². The highest BCUT2D eigenvalue weighted by Gasteiger charge is 2.31. The van der Waals surface area contributed by atoms with E-state index in [9.17, 15) is 0 Å². The van der Waals surface area contributed by atoms with E-state index in [0.717, 1.165) is 12.5 Å². The fraction of sp³-hybridized carbons (Fsp3) is 1.00. The van der Waals surface area contributed by atoms with E-state index in [1.54, 1.807) is 0 Å². The van der Waals surface area contributed by atoms with Crippen LogP contribution < -0.4 is 5.32 Å². The summed E-state index contributed by atoms with van der Waals surface area (Å²) < 4.78 is 5.74. The number of rotatable bonds is 8. The lowest BCUT2D eigenvalue weighted by molar-refractivity contribution is -0.0141. The Morgan fingerprint density at radius 3 is 2.06 bits per heavy atom. The maximum atomic E-state index is 5.74. The molecule has 2 atom stereocenters. The number of ether oxygens (including phenoxy) is 1. The summed E-state index contributed by atoms with van der Waals surface area (Å²) in [4.78, 5) is 0. The van der Waals surface area contributed by atoms with Crippen molar-refractivity contribution in [3.05, 3.63) is 0 Å². The molecule has 0 saturated carbocycles. The highest BCUT2D eigenvalue weighted by atomic mass is 16.5. The van der Waals surface area contributed by atoms with Crippen molar-refractivity contribution in [1.29, 1.82) is 0 Å². The Bertz CT molecular complexity index is 184. The summed E-state index contributed by atoms with van der Waals surface area (Å²) in [6, 6.07) is 0.474. The first kappa shape index (κ1) is 16.9. The van der Waals surface area contributed by atoms with Gasteiger partial charge in [0.15, 0.2) is 0 Å². The van der Waals surface area contributed by atoms with Crippen molar-refractivity contribution in [2.24, 2.45) is 11.3 Å². The molecule has 0 saturated heterocycles. The van der Waals surface area contributed by atoms with Crippen LogP contribution >= 0.6 is 0 Å². The molecule has 104 valence electrons. The Morgan fingerprint density at radius 1 is 1.12 bits per heavy atom. The SMILES string of the molecule is CCCNC(CCC(C)C)C(OC)C(C)(C)C. The normalized spacial score (nSPS) is 16.2. The first-order chi connectivity index (χ1) is 7.82. The second-order valence-electron chi connectivity index (χ2n) is 6.55. The van der Waals surface area contributed by atoms with Gasteiger partial charge in [-0.3, -0.25) is 0 Å². The molecule has 1 N–H and O–H groups in total. The van der Waals surface area contributed by atoms with Crippen LogP contribution in [0.15, 0.2) is 0 Å². The Labute approximate surface area is 109 Å². The molecular weight excluding hydrogens is 210 g/mol. The minimum Gasteiger partial charge on any atom is -0.379 e. The monoisotopic (exact) mass is 243 g/mol. The average Bonchev–Trinajstić information content (AvgIpc) is 2.20. The van der Waals surface area contributed by atoms with Crippen molar-refractivity contribution in [3.8, 4) is 0 Å². The minimum absolute atomic E-state index is 0.192. The highest BCUT2D eigenvalue weighted by molar-refractivity contribution is 4.86. The van der Waals surface area contributed by atoms with Crippen molar-refractivity contribution < 1.29 is 4.74 Å². The Hall–Kier alpha value is -0.0800. The van der Waals surface area contributed by atoms with Crippen molar-refractivity contribution in [2.75, 3.05) is 13.7 Å². The summed E-state index contributed by atoms with van der Waals surface area (Å²) in [6.45, 7) is 14.7. The molecular formula is C15H33NO. The fourth-order valence-corrected chi connectivity index (χ4v) is 2.32. The molecule has 17 heavy (non-hydrogen) atoms. The number of nitrogens with one attached hydrogen (secondary N) is 1. The van der Waals surface area contributed by atoms with E-state index in [1.807, 2.05) is 7.11 Å². The maximum Gasteiger partial charge on any atom is 0.0772 e. The molecule has 0 aliphatic heterocycles. The number of hydrogen-bond acceptors (Lipinski definition) is 2. The molecule has 0 amide bonds. The van der Waals surface area contributed by atoms with E-state index in [1.165, 1.54) is 19.3 Å². The summed E-state index contributed by atoms with van der Waals surface area (Å²) in [5.74, 6) is 0.762. The summed E-state index contributed by atoms with van der Waals surface area (Å²) in [7, 11) is 1.84. The second kappa shape index (κ2) is 8.10.